The lowest BCUT2D eigenvalue weighted by Crippen LogP contribution is -2.38. The molecule has 0 unspecified atom stereocenters. The largest absolute Gasteiger partial charge is 0.508 e. The van der Waals surface area contributed by atoms with Gasteiger partial charge in [-0.05, 0) is 55.5 Å². The second-order valence-electron chi connectivity index (χ2n) is 6.80. The number of phenolic OH excluding ortho intramolecular Hbond substituents is 1. The molecule has 1 saturated heterocycles. The maximum atomic E-state index is 9.47. The molecule has 5 nitrogen and oxygen atoms in total. The molecule has 1 aliphatic rings. The summed E-state index contributed by atoms with van der Waals surface area (Å²) >= 11 is 1.66. The molecule has 2 aromatic carbocycles. The zero-order valence-corrected chi connectivity index (χ0v) is 16.7. The van der Waals surface area contributed by atoms with Crippen LogP contribution in [0.25, 0.3) is 21.8 Å². The Morgan fingerprint density at radius 3 is 2.43 bits per heavy atom. The van der Waals surface area contributed by atoms with Gasteiger partial charge in [0, 0.05) is 35.6 Å². The van der Waals surface area contributed by atoms with E-state index in [4.69, 9.17) is 14.5 Å². The van der Waals surface area contributed by atoms with Crippen LogP contribution in [0.2, 0.25) is 0 Å². The first-order chi connectivity index (χ1) is 13.7. The van der Waals surface area contributed by atoms with Crippen molar-refractivity contribution in [1.82, 2.24) is 9.88 Å². The van der Waals surface area contributed by atoms with Crippen molar-refractivity contribution >= 4 is 11.3 Å². The Bertz CT molecular complexity index is 901. The Labute approximate surface area is 169 Å². The molecule has 1 fully saturated rings. The van der Waals surface area contributed by atoms with Gasteiger partial charge in [-0.15, -0.1) is 11.3 Å². The quantitative estimate of drug-likeness (QED) is 0.677. The molecule has 146 valence electrons. The van der Waals surface area contributed by atoms with Gasteiger partial charge in [0.2, 0.25) is 0 Å². The van der Waals surface area contributed by atoms with Crippen LogP contribution in [-0.4, -0.2) is 54.4 Å². The number of ether oxygens (including phenoxy) is 2. The average molecular weight is 397 g/mol. The van der Waals surface area contributed by atoms with Crippen LogP contribution < -0.4 is 4.74 Å². The fraction of sp³-hybridized carbons (Fsp3) is 0.318. The molecule has 0 radical (unpaired) electrons. The Morgan fingerprint density at radius 2 is 1.71 bits per heavy atom. The maximum absolute atomic E-state index is 9.47. The molecule has 4 rings (SSSR count). The van der Waals surface area contributed by atoms with Crippen molar-refractivity contribution in [3.8, 4) is 33.3 Å². The van der Waals surface area contributed by atoms with E-state index >= 15 is 0 Å². The molecule has 28 heavy (non-hydrogen) atoms. The number of aryl methyl sites for hydroxylation is 1. The van der Waals surface area contributed by atoms with E-state index in [1.165, 1.54) is 4.88 Å². The number of nitrogens with zero attached hydrogens (tertiary/aromatic N) is 2. The minimum absolute atomic E-state index is 0.265. The predicted octanol–water partition coefficient (Wildman–Crippen LogP) is 4.20. The summed E-state index contributed by atoms with van der Waals surface area (Å²) < 4.78 is 11.3. The van der Waals surface area contributed by atoms with Crippen molar-refractivity contribution < 1.29 is 14.6 Å². The van der Waals surface area contributed by atoms with Gasteiger partial charge in [-0.3, -0.25) is 4.90 Å². The number of rotatable bonds is 6. The average Bonchev–Trinajstić information content (AvgIpc) is 3.11. The molecule has 1 N–H and O–H groups in total. The molecule has 0 spiro atoms. The highest BCUT2D eigenvalue weighted by atomic mass is 32.1. The summed E-state index contributed by atoms with van der Waals surface area (Å²) in [6.07, 6.45) is 0. The SMILES string of the molecule is Cc1sc(-c2ccc(O)cc2)nc1-c1ccc(OCCN2CCOCC2)cc1. The van der Waals surface area contributed by atoms with E-state index in [1.807, 2.05) is 24.3 Å². The first-order valence-electron chi connectivity index (χ1n) is 9.49. The van der Waals surface area contributed by atoms with Gasteiger partial charge in [0.1, 0.15) is 23.1 Å². The Hall–Kier alpha value is -2.41. The normalized spacial score (nSPS) is 14.9. The second-order valence-corrected chi connectivity index (χ2v) is 8.00. The monoisotopic (exact) mass is 396 g/mol. The summed E-state index contributed by atoms with van der Waals surface area (Å²) in [7, 11) is 0. The molecule has 0 atom stereocenters. The van der Waals surface area contributed by atoms with E-state index in [1.54, 1.807) is 23.5 Å². The number of hydrogen-bond donors (Lipinski definition) is 1. The molecule has 6 heteroatoms. The first-order valence-corrected chi connectivity index (χ1v) is 10.3. The first kappa shape index (κ1) is 18.9. The highest BCUT2D eigenvalue weighted by Crippen LogP contribution is 2.34. The molecule has 0 bridgehead atoms. The zero-order valence-electron chi connectivity index (χ0n) is 15.9. The fourth-order valence-corrected chi connectivity index (χ4v) is 4.16. The lowest BCUT2D eigenvalue weighted by molar-refractivity contribution is 0.0322. The highest BCUT2D eigenvalue weighted by molar-refractivity contribution is 7.15. The van der Waals surface area contributed by atoms with E-state index in [9.17, 15) is 5.11 Å². The highest BCUT2D eigenvalue weighted by Gasteiger charge is 2.12. The molecule has 2 heterocycles. The van der Waals surface area contributed by atoms with Crippen molar-refractivity contribution in [3.05, 3.63) is 53.4 Å². The molecule has 0 saturated carbocycles. The fourth-order valence-electron chi connectivity index (χ4n) is 3.22. The van der Waals surface area contributed by atoms with E-state index in [-0.39, 0.29) is 5.75 Å². The van der Waals surface area contributed by atoms with Crippen LogP contribution in [0.5, 0.6) is 11.5 Å². The van der Waals surface area contributed by atoms with Gasteiger partial charge in [-0.1, -0.05) is 0 Å². The third-order valence-electron chi connectivity index (χ3n) is 4.82. The van der Waals surface area contributed by atoms with E-state index in [0.717, 1.165) is 60.4 Å². The standard InChI is InChI=1S/C22H24N2O3S/c1-16-21(23-22(28-16)18-2-6-19(25)7-3-18)17-4-8-20(9-5-17)27-15-12-24-10-13-26-14-11-24/h2-9,25H,10-15H2,1H3. The number of aromatic hydroxyl groups is 1. The van der Waals surface area contributed by atoms with Gasteiger partial charge < -0.3 is 14.6 Å². The van der Waals surface area contributed by atoms with Crippen molar-refractivity contribution in [3.63, 3.8) is 0 Å². The van der Waals surface area contributed by atoms with Crippen LogP contribution >= 0.6 is 11.3 Å². The lowest BCUT2D eigenvalue weighted by atomic mass is 10.1. The van der Waals surface area contributed by atoms with Crippen molar-refractivity contribution in [2.45, 2.75) is 6.92 Å². The summed E-state index contributed by atoms with van der Waals surface area (Å²) in [6, 6.07) is 15.3. The van der Waals surface area contributed by atoms with Crippen LogP contribution in [0.1, 0.15) is 4.88 Å². The van der Waals surface area contributed by atoms with Crippen molar-refractivity contribution in [2.24, 2.45) is 0 Å². The molecule has 3 aromatic rings. The lowest BCUT2D eigenvalue weighted by Gasteiger charge is -2.26. The molecule has 1 aliphatic heterocycles. The summed E-state index contributed by atoms with van der Waals surface area (Å²) in [5, 5.41) is 10.4. The molecular weight excluding hydrogens is 372 g/mol. The summed E-state index contributed by atoms with van der Waals surface area (Å²) in [4.78, 5) is 8.34. The molecule has 1 aromatic heterocycles. The Kier molecular flexibility index (Phi) is 5.90. The smallest absolute Gasteiger partial charge is 0.124 e. The summed E-state index contributed by atoms with van der Waals surface area (Å²) in [5.74, 6) is 1.14. The van der Waals surface area contributed by atoms with Gasteiger partial charge in [0.05, 0.1) is 18.9 Å². The Balaban J connectivity index is 1.40. The summed E-state index contributed by atoms with van der Waals surface area (Å²) in [6.45, 7) is 7.28. The predicted molar refractivity (Wildman–Crippen MR) is 112 cm³/mol. The van der Waals surface area contributed by atoms with Gasteiger partial charge >= 0.3 is 0 Å². The number of thiazole rings is 1. The van der Waals surface area contributed by atoms with Crippen LogP contribution in [0.3, 0.4) is 0 Å². The van der Waals surface area contributed by atoms with Crippen LogP contribution in [0.4, 0.5) is 0 Å². The number of phenols is 1. The zero-order chi connectivity index (χ0) is 19.3. The molecular formula is C22H24N2O3S. The van der Waals surface area contributed by atoms with Gasteiger partial charge in [0.15, 0.2) is 0 Å². The summed E-state index contributed by atoms with van der Waals surface area (Å²) in [5.41, 5.74) is 3.09. The topological polar surface area (TPSA) is 54.8 Å². The third-order valence-corrected chi connectivity index (χ3v) is 5.84. The number of hydrogen-bond acceptors (Lipinski definition) is 6. The van der Waals surface area contributed by atoms with Crippen molar-refractivity contribution in [1.29, 1.82) is 0 Å². The number of benzene rings is 2. The van der Waals surface area contributed by atoms with Crippen LogP contribution in [0.15, 0.2) is 48.5 Å². The second kappa shape index (κ2) is 8.73. The van der Waals surface area contributed by atoms with E-state index in [2.05, 4.69) is 24.0 Å². The molecule has 0 aliphatic carbocycles. The number of morpholine rings is 1. The number of aromatic nitrogens is 1. The third kappa shape index (κ3) is 4.52. The minimum atomic E-state index is 0.265. The van der Waals surface area contributed by atoms with E-state index < -0.39 is 0 Å². The Morgan fingerprint density at radius 1 is 1.04 bits per heavy atom. The van der Waals surface area contributed by atoms with Gasteiger partial charge in [-0.2, -0.15) is 0 Å². The molecule has 0 amide bonds. The van der Waals surface area contributed by atoms with Gasteiger partial charge in [-0.25, -0.2) is 4.98 Å². The van der Waals surface area contributed by atoms with Crippen molar-refractivity contribution in [2.75, 3.05) is 39.5 Å². The van der Waals surface area contributed by atoms with Gasteiger partial charge in [0.25, 0.3) is 0 Å². The van der Waals surface area contributed by atoms with Crippen LogP contribution in [-0.2, 0) is 4.74 Å². The van der Waals surface area contributed by atoms with Crippen LogP contribution in [0, 0.1) is 6.92 Å². The minimum Gasteiger partial charge on any atom is -0.508 e. The maximum Gasteiger partial charge on any atom is 0.124 e. The van der Waals surface area contributed by atoms with E-state index in [0.29, 0.717) is 6.61 Å².